The largest absolute Gasteiger partial charge is 0.497 e. The highest BCUT2D eigenvalue weighted by atomic mass is 31.2. The summed E-state index contributed by atoms with van der Waals surface area (Å²) in [4.78, 5) is 0. The Balaban J connectivity index is 1.59. The molecule has 0 amide bonds. The molecule has 4 rings (SSSR count). The molecule has 2 aromatic carbocycles. The van der Waals surface area contributed by atoms with Gasteiger partial charge in [-0.15, -0.1) is 0 Å². The van der Waals surface area contributed by atoms with E-state index < -0.39 is 8.37 Å². The first-order valence-corrected chi connectivity index (χ1v) is 12.1. The molecule has 2 fully saturated rings. The van der Waals surface area contributed by atoms with Gasteiger partial charge in [0.1, 0.15) is 19.9 Å². The molecule has 1 saturated carbocycles. The van der Waals surface area contributed by atoms with Crippen molar-refractivity contribution in [2.24, 2.45) is 0 Å². The predicted molar refractivity (Wildman–Crippen MR) is 124 cm³/mol. The fourth-order valence-electron chi connectivity index (χ4n) is 4.86. The lowest BCUT2D eigenvalue weighted by molar-refractivity contribution is 0.197. The third-order valence-electron chi connectivity index (χ3n) is 6.28. The Bertz CT molecular complexity index is 747. The maximum atomic E-state index is 5.35. The average Bonchev–Trinajstić information content (AvgIpc) is 3.08. The average molecular weight is 428 g/mol. The third kappa shape index (κ3) is 4.50. The van der Waals surface area contributed by atoms with E-state index in [1.54, 1.807) is 14.2 Å². The Labute approximate surface area is 182 Å². The summed E-state index contributed by atoms with van der Waals surface area (Å²) in [5, 5.41) is 0. The standard InChI is InChI=1S/C24H34N3O2P/c1-25(2)30-26(17-19-9-13-21(28-3)14-10-19)23-7-5-6-8-24(23)27(30)18-20-11-15-22(29-4)16-12-20/h9-16,23-24H,5-8,17-18H2,1-4H3/t23-,24-/m1/s1. The van der Waals surface area contributed by atoms with Crippen LogP contribution < -0.4 is 9.47 Å². The van der Waals surface area contributed by atoms with Crippen molar-refractivity contribution in [1.29, 1.82) is 0 Å². The normalized spacial score (nSPS) is 23.0. The molecule has 6 heteroatoms. The van der Waals surface area contributed by atoms with E-state index in [2.05, 4.69) is 76.6 Å². The van der Waals surface area contributed by atoms with Crippen molar-refractivity contribution < 1.29 is 9.47 Å². The van der Waals surface area contributed by atoms with E-state index in [4.69, 9.17) is 9.47 Å². The van der Waals surface area contributed by atoms with Crippen molar-refractivity contribution in [2.45, 2.75) is 50.9 Å². The summed E-state index contributed by atoms with van der Waals surface area (Å²) in [6.45, 7) is 1.99. The van der Waals surface area contributed by atoms with E-state index in [1.165, 1.54) is 36.8 Å². The minimum absolute atomic E-state index is 0.514. The smallest absolute Gasteiger partial charge is 0.120 e. The second-order valence-electron chi connectivity index (χ2n) is 8.43. The molecule has 0 unspecified atom stereocenters. The van der Waals surface area contributed by atoms with Crippen LogP contribution in [0.15, 0.2) is 48.5 Å². The van der Waals surface area contributed by atoms with E-state index in [1.807, 2.05) is 0 Å². The van der Waals surface area contributed by atoms with E-state index in [0.717, 1.165) is 24.6 Å². The third-order valence-corrected chi connectivity index (χ3v) is 8.79. The van der Waals surface area contributed by atoms with Gasteiger partial charge in [0.25, 0.3) is 0 Å². The van der Waals surface area contributed by atoms with Crippen LogP contribution in [0.1, 0.15) is 36.8 Å². The van der Waals surface area contributed by atoms with Gasteiger partial charge in [0.15, 0.2) is 0 Å². The lowest BCUT2D eigenvalue weighted by Gasteiger charge is -2.36. The van der Waals surface area contributed by atoms with E-state index in [0.29, 0.717) is 12.1 Å². The topological polar surface area (TPSA) is 28.2 Å². The van der Waals surface area contributed by atoms with Gasteiger partial charge in [-0.2, -0.15) is 0 Å². The summed E-state index contributed by atoms with van der Waals surface area (Å²) in [7, 11) is 7.42. The van der Waals surface area contributed by atoms with Crippen molar-refractivity contribution in [3.8, 4) is 11.5 Å². The molecule has 1 saturated heterocycles. The molecular formula is C24H34N3O2P. The molecule has 1 aliphatic heterocycles. The summed E-state index contributed by atoms with van der Waals surface area (Å²) in [6.07, 6.45) is 5.28. The molecule has 2 aromatic rings. The van der Waals surface area contributed by atoms with Crippen LogP contribution in [0.25, 0.3) is 0 Å². The number of methoxy groups -OCH3 is 2. The molecule has 0 spiro atoms. The first-order chi connectivity index (χ1) is 14.6. The zero-order valence-corrected chi connectivity index (χ0v) is 19.5. The lowest BCUT2D eigenvalue weighted by atomic mass is 9.90. The predicted octanol–water partition coefficient (Wildman–Crippen LogP) is 5.12. The number of hydrogen-bond acceptors (Lipinski definition) is 5. The van der Waals surface area contributed by atoms with Gasteiger partial charge in [-0.05, 0) is 62.3 Å². The monoisotopic (exact) mass is 427 g/mol. The Morgan fingerprint density at radius 3 is 1.50 bits per heavy atom. The van der Waals surface area contributed by atoms with Gasteiger partial charge in [-0.3, -0.25) is 4.67 Å². The number of ether oxygens (including phenoxy) is 2. The first-order valence-electron chi connectivity index (χ1n) is 10.9. The highest BCUT2D eigenvalue weighted by molar-refractivity contribution is 7.50. The molecule has 0 N–H and O–H groups in total. The fourth-order valence-corrected chi connectivity index (χ4v) is 7.72. The Kier molecular flexibility index (Phi) is 6.94. The quantitative estimate of drug-likeness (QED) is 0.572. The van der Waals surface area contributed by atoms with Gasteiger partial charge in [0, 0.05) is 25.2 Å². The SMILES string of the molecule is COc1ccc(CN2[C@@H]3CCCC[C@H]3N(Cc3ccc(OC)cc3)P2N(C)C)cc1. The van der Waals surface area contributed by atoms with Crippen LogP contribution in [0.3, 0.4) is 0 Å². The van der Waals surface area contributed by atoms with Crippen LogP contribution in [0, 0.1) is 0 Å². The molecule has 2 aliphatic rings. The van der Waals surface area contributed by atoms with Gasteiger partial charge in [0.05, 0.1) is 14.2 Å². The molecule has 5 nitrogen and oxygen atoms in total. The van der Waals surface area contributed by atoms with Crippen molar-refractivity contribution in [3.05, 3.63) is 59.7 Å². The maximum absolute atomic E-state index is 5.35. The summed E-state index contributed by atoms with van der Waals surface area (Å²) in [5.74, 6) is 1.85. The Hall–Kier alpha value is -1.65. The zero-order chi connectivity index (χ0) is 21.1. The van der Waals surface area contributed by atoms with Crippen molar-refractivity contribution in [2.75, 3.05) is 28.3 Å². The molecule has 1 aliphatic carbocycles. The van der Waals surface area contributed by atoms with E-state index in [9.17, 15) is 0 Å². The lowest BCUT2D eigenvalue weighted by Crippen LogP contribution is -2.39. The second-order valence-corrected chi connectivity index (χ2v) is 10.8. The van der Waals surface area contributed by atoms with Gasteiger partial charge in [0.2, 0.25) is 0 Å². The molecular weight excluding hydrogens is 393 g/mol. The summed E-state index contributed by atoms with van der Waals surface area (Å²) >= 11 is 0. The summed E-state index contributed by atoms with van der Waals surface area (Å²) < 4.78 is 18.7. The minimum atomic E-state index is -0.514. The molecule has 0 aromatic heterocycles. The molecule has 0 bridgehead atoms. The van der Waals surface area contributed by atoms with Gasteiger partial charge >= 0.3 is 0 Å². The number of nitrogens with zero attached hydrogens (tertiary/aromatic N) is 3. The van der Waals surface area contributed by atoms with Crippen molar-refractivity contribution in [3.63, 3.8) is 0 Å². The summed E-state index contributed by atoms with van der Waals surface area (Å²) in [6, 6.07) is 18.4. The van der Waals surface area contributed by atoms with Crippen molar-refractivity contribution in [1.82, 2.24) is 14.0 Å². The van der Waals surface area contributed by atoms with Gasteiger partial charge in [-0.25, -0.2) is 9.34 Å². The van der Waals surface area contributed by atoms with Crippen LogP contribution >= 0.6 is 8.37 Å². The first kappa shape index (κ1) is 21.6. The summed E-state index contributed by atoms with van der Waals surface area (Å²) in [5.41, 5.74) is 2.72. The number of fused-ring (bicyclic) bond motifs is 1. The molecule has 162 valence electrons. The Morgan fingerprint density at radius 1 is 0.767 bits per heavy atom. The number of hydrogen-bond donors (Lipinski definition) is 0. The van der Waals surface area contributed by atoms with Crippen LogP contribution in [-0.4, -0.2) is 54.4 Å². The molecule has 1 heterocycles. The number of benzene rings is 2. The Morgan fingerprint density at radius 2 is 1.17 bits per heavy atom. The molecule has 0 radical (unpaired) electrons. The number of rotatable bonds is 7. The van der Waals surface area contributed by atoms with Crippen LogP contribution in [0.4, 0.5) is 0 Å². The molecule has 30 heavy (non-hydrogen) atoms. The fraction of sp³-hybridized carbons (Fsp3) is 0.500. The zero-order valence-electron chi connectivity index (χ0n) is 18.6. The van der Waals surface area contributed by atoms with E-state index >= 15 is 0 Å². The minimum Gasteiger partial charge on any atom is -0.497 e. The van der Waals surface area contributed by atoms with Crippen LogP contribution in [-0.2, 0) is 13.1 Å². The van der Waals surface area contributed by atoms with Crippen LogP contribution in [0.2, 0.25) is 0 Å². The van der Waals surface area contributed by atoms with Crippen LogP contribution in [0.5, 0.6) is 11.5 Å². The highest BCUT2D eigenvalue weighted by Gasteiger charge is 2.48. The van der Waals surface area contributed by atoms with Gasteiger partial charge in [-0.1, -0.05) is 37.1 Å². The second kappa shape index (κ2) is 9.65. The highest BCUT2D eigenvalue weighted by Crippen LogP contribution is 2.59. The maximum Gasteiger partial charge on any atom is 0.120 e. The van der Waals surface area contributed by atoms with E-state index in [-0.39, 0.29) is 0 Å². The van der Waals surface area contributed by atoms with Crippen molar-refractivity contribution >= 4 is 8.37 Å². The van der Waals surface area contributed by atoms with Gasteiger partial charge < -0.3 is 9.47 Å². The molecule has 2 atom stereocenters.